The quantitative estimate of drug-likeness (QED) is 0.128. The highest BCUT2D eigenvalue weighted by Gasteiger charge is 2.54. The summed E-state index contributed by atoms with van der Waals surface area (Å²) in [6.07, 6.45) is -0.657. The summed E-state index contributed by atoms with van der Waals surface area (Å²) in [7, 11) is 1.62. The molecule has 5 rings (SSSR count). The van der Waals surface area contributed by atoms with Gasteiger partial charge in [-0.05, 0) is 37.0 Å². The fourth-order valence-electron chi connectivity index (χ4n) is 5.57. The molecule has 1 aliphatic rings. The molecular formula is C32H37N7O6. The van der Waals surface area contributed by atoms with E-state index in [9.17, 15) is 25.4 Å². The van der Waals surface area contributed by atoms with Gasteiger partial charge in [0.1, 0.15) is 53.2 Å². The topological polar surface area (TPSA) is 201 Å². The molecule has 1 saturated heterocycles. The number of nitrogen functional groups attached to an aromatic ring is 1. The first-order valence-corrected chi connectivity index (χ1v) is 14.7. The summed E-state index contributed by atoms with van der Waals surface area (Å²) in [4.78, 5) is 20.0. The summed E-state index contributed by atoms with van der Waals surface area (Å²) in [6.45, 7) is 1.51. The number of carbonyl (C=O) groups is 1. The molecule has 2 aromatic heterocycles. The van der Waals surface area contributed by atoms with Crippen molar-refractivity contribution in [3.8, 4) is 22.9 Å². The number of aliphatic hydroxyl groups excluding tert-OH is 2. The van der Waals surface area contributed by atoms with Crippen LogP contribution in [-0.2, 0) is 16.1 Å². The van der Waals surface area contributed by atoms with Crippen molar-refractivity contribution in [2.45, 2.75) is 56.8 Å². The van der Waals surface area contributed by atoms with E-state index >= 15 is 0 Å². The zero-order valence-electron chi connectivity index (χ0n) is 25.1. The number of benzene rings is 2. The SMILES string of the molecule is CNC(=O)CCCCOc1cc(CNc2c(C#N)c3c(N)ncnc3n2C2OC(CO)C(O)C2(C)O)ccc1-c1ccccc1. The van der Waals surface area contributed by atoms with Crippen molar-refractivity contribution in [2.24, 2.45) is 0 Å². The van der Waals surface area contributed by atoms with Crippen molar-refractivity contribution < 1.29 is 29.6 Å². The number of nitrogens with zero attached hydrogens (tertiary/aromatic N) is 4. The summed E-state index contributed by atoms with van der Waals surface area (Å²) in [5, 5.41) is 48.2. The lowest BCUT2D eigenvalue weighted by Gasteiger charge is -2.29. The van der Waals surface area contributed by atoms with E-state index in [4.69, 9.17) is 15.2 Å². The Labute approximate surface area is 260 Å². The number of nitriles is 1. The molecule has 3 heterocycles. The number of carbonyl (C=O) groups excluding carboxylic acids is 1. The molecule has 0 radical (unpaired) electrons. The van der Waals surface area contributed by atoms with Crippen molar-refractivity contribution in [3.05, 3.63) is 66.0 Å². The Kier molecular flexibility index (Phi) is 9.50. The number of ether oxygens (including phenoxy) is 2. The second-order valence-corrected chi connectivity index (χ2v) is 11.1. The molecule has 13 heteroatoms. The van der Waals surface area contributed by atoms with E-state index in [0.717, 1.165) is 16.7 Å². The molecule has 0 bridgehead atoms. The van der Waals surface area contributed by atoms with Crippen molar-refractivity contribution in [1.82, 2.24) is 19.9 Å². The number of anilines is 2. The lowest BCUT2D eigenvalue weighted by atomic mass is 9.96. The molecule has 1 fully saturated rings. The van der Waals surface area contributed by atoms with Gasteiger partial charge in [-0.3, -0.25) is 9.36 Å². The van der Waals surface area contributed by atoms with Gasteiger partial charge in [0.25, 0.3) is 0 Å². The van der Waals surface area contributed by atoms with Crippen molar-refractivity contribution in [2.75, 3.05) is 31.3 Å². The van der Waals surface area contributed by atoms with Gasteiger partial charge in [0.15, 0.2) is 11.9 Å². The molecule has 1 aliphatic heterocycles. The number of hydrogen-bond acceptors (Lipinski definition) is 11. The maximum atomic E-state index is 11.6. The molecular weight excluding hydrogens is 578 g/mol. The number of nitrogens with one attached hydrogen (secondary N) is 2. The predicted octanol–water partition coefficient (Wildman–Crippen LogP) is 2.46. The Morgan fingerprint density at radius 2 is 2.00 bits per heavy atom. The molecule has 1 amide bonds. The normalized spacial score (nSPS) is 21.0. The maximum Gasteiger partial charge on any atom is 0.219 e. The largest absolute Gasteiger partial charge is 0.493 e. The average molecular weight is 616 g/mol. The van der Waals surface area contributed by atoms with Crippen molar-refractivity contribution in [1.29, 1.82) is 5.26 Å². The van der Waals surface area contributed by atoms with Gasteiger partial charge < -0.3 is 41.2 Å². The number of hydrogen-bond donors (Lipinski definition) is 6. The highest BCUT2D eigenvalue weighted by molar-refractivity contribution is 5.97. The number of aliphatic hydroxyl groups is 3. The second-order valence-electron chi connectivity index (χ2n) is 11.1. The molecule has 2 aromatic carbocycles. The minimum Gasteiger partial charge on any atom is -0.493 e. The van der Waals surface area contributed by atoms with Gasteiger partial charge in [-0.15, -0.1) is 0 Å². The van der Waals surface area contributed by atoms with Crippen LogP contribution in [-0.4, -0.2) is 73.8 Å². The third-order valence-corrected chi connectivity index (χ3v) is 8.02. The Morgan fingerprint density at radius 1 is 1.22 bits per heavy atom. The fraction of sp³-hybridized carbons (Fsp3) is 0.375. The van der Waals surface area contributed by atoms with Crippen LogP contribution in [0.2, 0.25) is 0 Å². The van der Waals surface area contributed by atoms with Gasteiger partial charge in [0, 0.05) is 25.6 Å². The second kappa shape index (κ2) is 13.5. The highest BCUT2D eigenvalue weighted by Crippen LogP contribution is 2.44. The van der Waals surface area contributed by atoms with E-state index < -0.39 is 30.6 Å². The average Bonchev–Trinajstić information content (AvgIpc) is 3.49. The van der Waals surface area contributed by atoms with Crippen LogP contribution >= 0.6 is 0 Å². The summed E-state index contributed by atoms with van der Waals surface area (Å²) in [6, 6.07) is 17.8. The standard InChI is InChI=1S/C32H37N7O6/c1-32(43)27(42)24(17-40)45-31(32)39-29(22(15-33)26-28(34)37-18-38-30(26)39)36-16-19-11-12-21(20-8-4-3-5-9-20)23(14-19)44-13-7-6-10-25(41)35-2/h3-5,8-9,11-12,14,18,24,27,31,36,40,42-43H,6-7,10,13,16-17H2,1-2H3,(H,35,41)(H2,34,37,38). The number of rotatable bonds is 12. The molecule has 236 valence electrons. The summed E-state index contributed by atoms with van der Waals surface area (Å²) in [5.41, 5.74) is 7.39. The van der Waals surface area contributed by atoms with Crippen LogP contribution in [0.3, 0.4) is 0 Å². The molecule has 4 atom stereocenters. The zero-order chi connectivity index (χ0) is 32.1. The van der Waals surface area contributed by atoms with Gasteiger partial charge in [-0.2, -0.15) is 5.26 Å². The monoisotopic (exact) mass is 615 g/mol. The van der Waals surface area contributed by atoms with Crippen LogP contribution in [0.25, 0.3) is 22.2 Å². The molecule has 0 aliphatic carbocycles. The van der Waals surface area contributed by atoms with Gasteiger partial charge in [0.2, 0.25) is 5.91 Å². The van der Waals surface area contributed by atoms with E-state index in [2.05, 4.69) is 26.7 Å². The summed E-state index contributed by atoms with van der Waals surface area (Å²) in [5.74, 6) is 0.961. The molecule has 13 nitrogen and oxygen atoms in total. The first-order valence-electron chi connectivity index (χ1n) is 14.7. The van der Waals surface area contributed by atoms with Crippen LogP contribution in [0.4, 0.5) is 11.6 Å². The number of amides is 1. The van der Waals surface area contributed by atoms with E-state index in [0.29, 0.717) is 31.6 Å². The van der Waals surface area contributed by atoms with Crippen LogP contribution < -0.4 is 21.1 Å². The Morgan fingerprint density at radius 3 is 2.69 bits per heavy atom. The minimum absolute atomic E-state index is 0.0131. The molecule has 4 unspecified atom stereocenters. The maximum absolute atomic E-state index is 11.6. The molecule has 4 aromatic rings. The van der Waals surface area contributed by atoms with E-state index in [-0.39, 0.29) is 40.7 Å². The Balaban J connectivity index is 1.48. The number of unbranched alkanes of at least 4 members (excludes halogenated alkanes) is 1. The zero-order valence-corrected chi connectivity index (χ0v) is 25.1. The lowest BCUT2D eigenvalue weighted by Crippen LogP contribution is -2.44. The number of fused-ring (bicyclic) bond motifs is 1. The third-order valence-electron chi connectivity index (χ3n) is 8.02. The van der Waals surface area contributed by atoms with Crippen LogP contribution in [0, 0.1) is 11.3 Å². The lowest BCUT2D eigenvalue weighted by molar-refractivity contribution is -0.120. The van der Waals surface area contributed by atoms with E-state index in [1.807, 2.05) is 48.5 Å². The van der Waals surface area contributed by atoms with Gasteiger partial charge >= 0.3 is 0 Å². The van der Waals surface area contributed by atoms with Crippen molar-refractivity contribution in [3.63, 3.8) is 0 Å². The molecule has 0 spiro atoms. The van der Waals surface area contributed by atoms with Crippen LogP contribution in [0.5, 0.6) is 5.75 Å². The van der Waals surface area contributed by atoms with Crippen LogP contribution in [0.1, 0.15) is 43.5 Å². The smallest absolute Gasteiger partial charge is 0.219 e. The van der Waals surface area contributed by atoms with Crippen molar-refractivity contribution >= 4 is 28.6 Å². The van der Waals surface area contributed by atoms with Gasteiger partial charge in [-0.1, -0.05) is 42.5 Å². The predicted molar refractivity (Wildman–Crippen MR) is 167 cm³/mol. The highest BCUT2D eigenvalue weighted by atomic mass is 16.6. The third kappa shape index (κ3) is 6.27. The first kappa shape index (κ1) is 31.7. The summed E-state index contributed by atoms with van der Waals surface area (Å²) >= 11 is 0. The van der Waals surface area contributed by atoms with Crippen LogP contribution in [0.15, 0.2) is 54.9 Å². The van der Waals surface area contributed by atoms with Gasteiger partial charge in [0.05, 0.1) is 18.6 Å². The van der Waals surface area contributed by atoms with E-state index in [1.54, 1.807) is 7.05 Å². The van der Waals surface area contributed by atoms with E-state index in [1.165, 1.54) is 17.8 Å². The Hall–Kier alpha value is -4.74. The molecule has 0 saturated carbocycles. The Bertz CT molecular complexity index is 1700. The minimum atomic E-state index is -1.85. The number of aromatic nitrogens is 3. The first-order chi connectivity index (χ1) is 21.7. The summed E-state index contributed by atoms with van der Waals surface area (Å²) < 4.78 is 13.6. The number of nitrogens with two attached hydrogens (primary N) is 1. The molecule has 45 heavy (non-hydrogen) atoms. The molecule has 7 N–H and O–H groups in total. The van der Waals surface area contributed by atoms with Gasteiger partial charge in [-0.25, -0.2) is 9.97 Å². The fourth-order valence-corrected chi connectivity index (χ4v) is 5.57.